The summed E-state index contributed by atoms with van der Waals surface area (Å²) in [6, 6.07) is 2.98. The number of benzene rings is 2. The molecule has 1 spiro atoms. The van der Waals surface area contributed by atoms with Crippen LogP contribution in [0.25, 0.3) is 11.1 Å². The maximum absolute atomic E-state index is 15.0. The molecule has 2 aromatic rings. The lowest BCUT2D eigenvalue weighted by Crippen LogP contribution is -2.69. The second-order valence-corrected chi connectivity index (χ2v) is 11.3. The van der Waals surface area contributed by atoms with Crippen molar-refractivity contribution in [1.29, 1.82) is 0 Å². The number of nitrogens with zero attached hydrogens (tertiary/aromatic N) is 2. The number of rotatable bonds is 2. The lowest BCUT2D eigenvalue weighted by Gasteiger charge is -2.58. The van der Waals surface area contributed by atoms with Gasteiger partial charge in [-0.15, -0.1) is 0 Å². The summed E-state index contributed by atoms with van der Waals surface area (Å²) in [4.78, 5) is 17.9. The number of anilines is 1. The van der Waals surface area contributed by atoms with E-state index in [2.05, 4.69) is 11.0 Å². The Bertz CT molecular complexity index is 1460. The van der Waals surface area contributed by atoms with Crippen molar-refractivity contribution in [2.24, 2.45) is 11.8 Å². The van der Waals surface area contributed by atoms with Gasteiger partial charge in [0.15, 0.2) is 23.3 Å². The summed E-state index contributed by atoms with van der Waals surface area (Å²) in [5.74, 6) is -10.00. The molecule has 2 aromatic carbocycles. The van der Waals surface area contributed by atoms with Gasteiger partial charge in [0.05, 0.1) is 37.8 Å². The third-order valence-corrected chi connectivity index (χ3v) is 10.1. The molecule has 6 aliphatic rings. The average Bonchev–Trinajstić information content (AvgIpc) is 3.38. The highest BCUT2D eigenvalue weighted by Gasteiger charge is 2.71. The van der Waals surface area contributed by atoms with Crippen LogP contribution in [-0.2, 0) is 14.9 Å². The van der Waals surface area contributed by atoms with Crippen molar-refractivity contribution in [3.05, 3.63) is 58.4 Å². The molecule has 38 heavy (non-hydrogen) atoms. The van der Waals surface area contributed by atoms with Gasteiger partial charge in [-0.3, -0.25) is 9.69 Å². The summed E-state index contributed by atoms with van der Waals surface area (Å²) < 4.78 is 83.9. The van der Waals surface area contributed by atoms with Crippen molar-refractivity contribution in [1.82, 2.24) is 4.90 Å². The third-order valence-electron chi connectivity index (χ3n) is 10.1. The zero-order valence-electron chi connectivity index (χ0n) is 20.4. The van der Waals surface area contributed by atoms with E-state index in [9.17, 15) is 26.7 Å². The van der Waals surface area contributed by atoms with E-state index in [0.717, 1.165) is 31.5 Å². The van der Waals surface area contributed by atoms with Crippen LogP contribution in [0.1, 0.15) is 24.8 Å². The second-order valence-electron chi connectivity index (χ2n) is 11.3. The van der Waals surface area contributed by atoms with Gasteiger partial charge >= 0.3 is 0 Å². The summed E-state index contributed by atoms with van der Waals surface area (Å²) in [5.41, 5.74) is 0.858. The van der Waals surface area contributed by atoms with Crippen molar-refractivity contribution in [3.8, 4) is 16.9 Å². The Morgan fingerprint density at radius 1 is 1.05 bits per heavy atom. The number of amides is 1. The van der Waals surface area contributed by atoms with Gasteiger partial charge in [-0.05, 0) is 43.0 Å². The molecule has 10 heteroatoms. The first-order valence-corrected chi connectivity index (χ1v) is 12.9. The van der Waals surface area contributed by atoms with Gasteiger partial charge in [-0.1, -0.05) is 11.6 Å². The van der Waals surface area contributed by atoms with Crippen molar-refractivity contribution in [2.75, 3.05) is 31.7 Å². The molecule has 0 radical (unpaired) electrons. The number of halogens is 5. The fourth-order valence-corrected chi connectivity index (χ4v) is 8.78. The predicted molar refractivity (Wildman–Crippen MR) is 125 cm³/mol. The van der Waals surface area contributed by atoms with Gasteiger partial charge < -0.3 is 14.4 Å². The van der Waals surface area contributed by atoms with E-state index in [1.807, 2.05) is 0 Å². The molecule has 3 saturated heterocycles. The monoisotopic (exact) mass is 530 g/mol. The van der Waals surface area contributed by atoms with E-state index in [4.69, 9.17) is 9.47 Å². The molecular formula is C28H23F5N2O3. The molecule has 0 unspecified atom stereocenters. The van der Waals surface area contributed by atoms with Crippen LogP contribution in [-0.4, -0.2) is 55.8 Å². The SMILES string of the molecule is COc1cc2c(cc1-c1c(F)c(F)c(F)c(F)c1F)N1C(=O)C[C@@H]3OCC=C4CN5CC[C@]26[C@@H]5C[C@@H]4[C@@H]3[C@H]16. The van der Waals surface area contributed by atoms with E-state index in [1.54, 1.807) is 11.0 Å². The zero-order chi connectivity index (χ0) is 26.2. The summed E-state index contributed by atoms with van der Waals surface area (Å²) in [5, 5.41) is 0. The van der Waals surface area contributed by atoms with Crippen molar-refractivity contribution in [2.45, 2.75) is 42.9 Å². The number of hydrogen-bond donors (Lipinski definition) is 0. The Balaban J connectivity index is 1.41. The highest BCUT2D eigenvalue weighted by atomic mass is 19.2. The molecule has 2 bridgehead atoms. The molecule has 4 fully saturated rings. The lowest BCUT2D eigenvalue weighted by atomic mass is 9.53. The number of methoxy groups -OCH3 is 1. The molecule has 5 aliphatic heterocycles. The quantitative estimate of drug-likeness (QED) is 0.249. The minimum atomic E-state index is -2.22. The van der Waals surface area contributed by atoms with Gasteiger partial charge in [0.25, 0.3) is 0 Å². The molecule has 1 aliphatic carbocycles. The van der Waals surface area contributed by atoms with E-state index in [0.29, 0.717) is 12.3 Å². The fourth-order valence-electron chi connectivity index (χ4n) is 8.78. The fraction of sp³-hybridized carbons (Fsp3) is 0.464. The molecular weight excluding hydrogens is 507 g/mol. The molecule has 198 valence electrons. The number of piperidine rings is 2. The van der Waals surface area contributed by atoms with E-state index >= 15 is 0 Å². The largest absolute Gasteiger partial charge is 0.496 e. The zero-order valence-corrected chi connectivity index (χ0v) is 20.4. The van der Waals surface area contributed by atoms with Crippen LogP contribution < -0.4 is 9.64 Å². The van der Waals surface area contributed by atoms with E-state index in [-0.39, 0.29) is 53.7 Å². The lowest BCUT2D eigenvalue weighted by molar-refractivity contribution is -0.132. The maximum Gasteiger partial charge on any atom is 0.229 e. The topological polar surface area (TPSA) is 42.0 Å². The molecule has 1 saturated carbocycles. The van der Waals surface area contributed by atoms with Crippen LogP contribution in [0.5, 0.6) is 5.75 Å². The number of hydrogen-bond acceptors (Lipinski definition) is 4. The van der Waals surface area contributed by atoms with Crippen molar-refractivity contribution >= 4 is 11.6 Å². The molecule has 8 rings (SSSR count). The maximum atomic E-state index is 15.0. The Morgan fingerprint density at radius 2 is 1.79 bits per heavy atom. The Morgan fingerprint density at radius 3 is 2.53 bits per heavy atom. The normalized spacial score (nSPS) is 34.3. The average molecular weight is 530 g/mol. The van der Waals surface area contributed by atoms with E-state index < -0.39 is 40.1 Å². The summed E-state index contributed by atoms with van der Waals surface area (Å²) >= 11 is 0. The molecule has 6 atom stereocenters. The summed E-state index contributed by atoms with van der Waals surface area (Å²) in [6.07, 6.45) is 3.81. The molecule has 1 amide bonds. The highest BCUT2D eigenvalue weighted by molar-refractivity contribution is 6.00. The standard InChI is InChI=1S/C28H23F5N2O3/c1-37-16-8-14-15(6-13(16)21-22(29)24(31)26(33)25(32)23(21)30)35-19(36)9-17-20-12-7-18-28(14,27(20)35)3-4-34(18)10-11(12)2-5-38-17/h2,6,8,12,17-18,20,27H,3-5,7,9-10H2,1H3/t12-,17-,18-,20-,27-,28+/m0/s1. The Labute approximate surface area is 214 Å². The number of carbonyl (C=O) groups is 1. The van der Waals surface area contributed by atoms with Gasteiger partial charge in [0.1, 0.15) is 5.75 Å². The Kier molecular flexibility index (Phi) is 4.44. The highest BCUT2D eigenvalue weighted by Crippen LogP contribution is 2.66. The van der Waals surface area contributed by atoms with Crippen LogP contribution in [0.15, 0.2) is 23.8 Å². The Hall–Kier alpha value is -2.98. The van der Waals surface area contributed by atoms with Gasteiger partial charge in [-0.2, -0.15) is 0 Å². The molecule has 0 N–H and O–H groups in total. The van der Waals surface area contributed by atoms with Crippen LogP contribution in [0.2, 0.25) is 0 Å². The minimum absolute atomic E-state index is 0.000682. The summed E-state index contributed by atoms with van der Waals surface area (Å²) in [7, 11) is 1.30. The van der Waals surface area contributed by atoms with Crippen molar-refractivity contribution < 1.29 is 36.2 Å². The number of carbonyl (C=O) groups excluding carboxylic acids is 1. The predicted octanol–water partition coefficient (Wildman–Crippen LogP) is 4.46. The van der Waals surface area contributed by atoms with Crippen LogP contribution in [0.3, 0.4) is 0 Å². The van der Waals surface area contributed by atoms with E-state index in [1.165, 1.54) is 18.7 Å². The van der Waals surface area contributed by atoms with Crippen LogP contribution in [0, 0.1) is 40.9 Å². The number of ether oxygens (including phenoxy) is 2. The number of fused-ring (bicyclic) bond motifs is 2. The van der Waals surface area contributed by atoms with Gasteiger partial charge in [0, 0.05) is 35.2 Å². The van der Waals surface area contributed by atoms with Crippen molar-refractivity contribution in [3.63, 3.8) is 0 Å². The first-order chi connectivity index (χ1) is 18.3. The summed E-state index contributed by atoms with van der Waals surface area (Å²) in [6.45, 7) is 2.15. The van der Waals surface area contributed by atoms with Crippen LogP contribution in [0.4, 0.5) is 27.6 Å². The third kappa shape index (κ3) is 2.47. The molecule has 0 aromatic heterocycles. The molecule has 5 heterocycles. The smallest absolute Gasteiger partial charge is 0.229 e. The second kappa shape index (κ2) is 7.35. The van der Waals surface area contributed by atoms with Crippen LogP contribution >= 0.6 is 0 Å². The minimum Gasteiger partial charge on any atom is -0.496 e. The molecule has 5 nitrogen and oxygen atoms in total. The van der Waals surface area contributed by atoms with Gasteiger partial charge in [-0.25, -0.2) is 22.0 Å². The first kappa shape index (κ1) is 23.0. The first-order valence-electron chi connectivity index (χ1n) is 12.9. The van der Waals surface area contributed by atoms with Gasteiger partial charge in [0.2, 0.25) is 11.7 Å².